The van der Waals surface area contributed by atoms with Crippen molar-refractivity contribution in [2.45, 2.75) is 12.7 Å². The van der Waals surface area contributed by atoms with Crippen LogP contribution in [0.15, 0.2) is 12.3 Å². The van der Waals surface area contributed by atoms with Gasteiger partial charge in [0.25, 0.3) is 0 Å². The topological polar surface area (TPSA) is 4.93 Å². The van der Waals surface area contributed by atoms with E-state index in [1.165, 1.54) is 12.3 Å². The number of hydrogen-bond donors (Lipinski definition) is 0. The summed E-state index contributed by atoms with van der Waals surface area (Å²) in [6.07, 6.45) is 1.76. The summed E-state index contributed by atoms with van der Waals surface area (Å²) in [5, 5.41) is 0. The van der Waals surface area contributed by atoms with Crippen molar-refractivity contribution in [2.24, 2.45) is 0 Å². The highest BCUT2D eigenvalue weighted by Gasteiger charge is 2.33. The molecule has 0 aliphatic heterocycles. The van der Waals surface area contributed by atoms with Crippen LogP contribution in [0, 0.1) is 18.4 Å². The molecule has 0 bridgehead atoms. The SMILES string of the molecule is C#CCn1cc[c]c1C(F)(F)F. The number of hydrogen-bond acceptors (Lipinski definition) is 0. The Labute approximate surface area is 67.8 Å². The predicted octanol–water partition coefficient (Wildman–Crippen LogP) is 1.94. The Morgan fingerprint density at radius 1 is 1.58 bits per heavy atom. The van der Waals surface area contributed by atoms with E-state index in [4.69, 9.17) is 6.42 Å². The molecule has 0 unspecified atom stereocenters. The zero-order chi connectivity index (χ0) is 9.19. The molecule has 0 amide bonds. The Morgan fingerprint density at radius 2 is 2.25 bits per heavy atom. The average Bonchev–Trinajstić information content (AvgIpc) is 2.34. The molecular formula is C8H5F3N. The quantitative estimate of drug-likeness (QED) is 0.570. The molecule has 1 aromatic heterocycles. The van der Waals surface area contributed by atoms with Crippen LogP contribution < -0.4 is 0 Å². The highest BCUT2D eigenvalue weighted by molar-refractivity contribution is 5.10. The summed E-state index contributed by atoms with van der Waals surface area (Å²) in [6.45, 7) is -0.0850. The van der Waals surface area contributed by atoms with E-state index in [1.54, 1.807) is 0 Å². The molecule has 0 N–H and O–H groups in total. The van der Waals surface area contributed by atoms with Crippen LogP contribution in [0.3, 0.4) is 0 Å². The molecule has 0 atom stereocenters. The molecule has 12 heavy (non-hydrogen) atoms. The van der Waals surface area contributed by atoms with Gasteiger partial charge in [0.05, 0.1) is 6.54 Å². The van der Waals surface area contributed by atoms with E-state index < -0.39 is 11.9 Å². The number of nitrogens with zero attached hydrogens (tertiary/aromatic N) is 1. The van der Waals surface area contributed by atoms with Crippen LogP contribution in [0.4, 0.5) is 13.2 Å². The minimum Gasteiger partial charge on any atom is -0.332 e. The average molecular weight is 172 g/mol. The van der Waals surface area contributed by atoms with Crippen molar-refractivity contribution in [1.82, 2.24) is 4.57 Å². The molecule has 0 aliphatic rings. The molecule has 0 fully saturated rings. The maximum Gasteiger partial charge on any atom is 0.432 e. The molecule has 1 radical (unpaired) electrons. The first-order valence-corrected chi connectivity index (χ1v) is 3.13. The normalized spacial score (nSPS) is 11.2. The molecule has 0 aromatic carbocycles. The second kappa shape index (κ2) is 2.94. The van der Waals surface area contributed by atoms with Crippen LogP contribution in [0.1, 0.15) is 5.69 Å². The van der Waals surface area contributed by atoms with Gasteiger partial charge in [-0.25, -0.2) is 0 Å². The van der Waals surface area contributed by atoms with Gasteiger partial charge < -0.3 is 4.57 Å². The van der Waals surface area contributed by atoms with Gasteiger partial charge in [0.15, 0.2) is 0 Å². The number of aromatic nitrogens is 1. The Bertz CT molecular complexity index is 303. The van der Waals surface area contributed by atoms with E-state index >= 15 is 0 Å². The minimum atomic E-state index is -4.37. The van der Waals surface area contributed by atoms with Gasteiger partial charge in [0, 0.05) is 12.3 Å². The molecule has 0 saturated heterocycles. The number of rotatable bonds is 1. The lowest BCUT2D eigenvalue weighted by molar-refractivity contribution is -0.143. The van der Waals surface area contributed by atoms with Crippen molar-refractivity contribution in [3.05, 3.63) is 24.0 Å². The van der Waals surface area contributed by atoms with Gasteiger partial charge in [-0.3, -0.25) is 0 Å². The van der Waals surface area contributed by atoms with E-state index in [1.807, 2.05) is 0 Å². The molecule has 0 saturated carbocycles. The van der Waals surface area contributed by atoms with Crippen molar-refractivity contribution >= 4 is 0 Å². The van der Waals surface area contributed by atoms with Crippen molar-refractivity contribution in [2.75, 3.05) is 0 Å². The zero-order valence-electron chi connectivity index (χ0n) is 6.02. The molecular weight excluding hydrogens is 167 g/mol. The molecule has 0 spiro atoms. The fourth-order valence-electron chi connectivity index (χ4n) is 0.838. The largest absolute Gasteiger partial charge is 0.432 e. The molecule has 1 aromatic rings. The third-order valence-electron chi connectivity index (χ3n) is 1.29. The van der Waals surface area contributed by atoms with E-state index in [2.05, 4.69) is 12.0 Å². The van der Waals surface area contributed by atoms with E-state index in [0.717, 1.165) is 4.57 Å². The molecule has 0 aliphatic carbocycles. The van der Waals surface area contributed by atoms with Crippen molar-refractivity contribution < 1.29 is 13.2 Å². The van der Waals surface area contributed by atoms with Crippen molar-refractivity contribution in [1.29, 1.82) is 0 Å². The van der Waals surface area contributed by atoms with Crippen LogP contribution >= 0.6 is 0 Å². The van der Waals surface area contributed by atoms with Gasteiger partial charge in [0.1, 0.15) is 5.69 Å². The van der Waals surface area contributed by atoms with Gasteiger partial charge in [0.2, 0.25) is 0 Å². The molecule has 63 valence electrons. The second-order valence-corrected chi connectivity index (χ2v) is 2.14. The maximum atomic E-state index is 12.1. The first-order valence-electron chi connectivity index (χ1n) is 3.13. The standard InChI is InChI=1S/C8H5F3N/c1-2-5-12-6-3-4-7(12)8(9,10)11/h1,3,6H,5H2. The van der Waals surface area contributed by atoms with Crippen LogP contribution in [0.25, 0.3) is 0 Å². The monoisotopic (exact) mass is 172 g/mol. The second-order valence-electron chi connectivity index (χ2n) is 2.14. The Kier molecular flexibility index (Phi) is 2.13. The zero-order valence-corrected chi connectivity index (χ0v) is 6.02. The van der Waals surface area contributed by atoms with Crippen molar-refractivity contribution in [3.63, 3.8) is 0 Å². The van der Waals surface area contributed by atoms with E-state index in [0.29, 0.717) is 0 Å². The number of halogens is 3. The lowest BCUT2D eigenvalue weighted by atomic mass is 10.4. The Morgan fingerprint density at radius 3 is 2.75 bits per heavy atom. The summed E-state index contributed by atoms with van der Waals surface area (Å²) in [5.74, 6) is 2.13. The van der Waals surface area contributed by atoms with E-state index in [-0.39, 0.29) is 6.54 Å². The van der Waals surface area contributed by atoms with Gasteiger partial charge in [-0.1, -0.05) is 5.92 Å². The number of terminal acetylenes is 1. The predicted molar refractivity (Wildman–Crippen MR) is 37.1 cm³/mol. The van der Waals surface area contributed by atoms with Crippen molar-refractivity contribution in [3.8, 4) is 12.3 Å². The van der Waals surface area contributed by atoms with Crippen LogP contribution in [-0.2, 0) is 12.7 Å². The lowest BCUT2D eigenvalue weighted by Crippen LogP contribution is -2.12. The van der Waals surface area contributed by atoms with Crippen LogP contribution in [0.5, 0.6) is 0 Å². The molecule has 1 nitrogen and oxygen atoms in total. The summed E-state index contributed by atoms with van der Waals surface area (Å²) in [7, 11) is 0. The van der Waals surface area contributed by atoms with Gasteiger partial charge >= 0.3 is 6.18 Å². The van der Waals surface area contributed by atoms with Gasteiger partial charge in [-0.05, 0) is 6.07 Å². The fourth-order valence-corrected chi connectivity index (χ4v) is 0.838. The van der Waals surface area contributed by atoms with Crippen LogP contribution in [-0.4, -0.2) is 4.57 Å². The Balaban J connectivity index is 3.01. The molecule has 4 heteroatoms. The van der Waals surface area contributed by atoms with Gasteiger partial charge in [-0.2, -0.15) is 13.2 Å². The first-order chi connectivity index (χ1) is 5.55. The maximum absolute atomic E-state index is 12.1. The smallest absolute Gasteiger partial charge is 0.332 e. The summed E-state index contributed by atoms with van der Waals surface area (Å²) < 4.78 is 37.2. The van der Waals surface area contributed by atoms with Gasteiger partial charge in [-0.15, -0.1) is 6.42 Å². The Hall–Kier alpha value is -1.37. The van der Waals surface area contributed by atoms with E-state index in [9.17, 15) is 13.2 Å². The number of alkyl halides is 3. The summed E-state index contributed by atoms with van der Waals surface area (Å²) in [5.41, 5.74) is -0.833. The summed E-state index contributed by atoms with van der Waals surface area (Å²) in [6, 6.07) is 3.27. The molecule has 1 rings (SSSR count). The van der Waals surface area contributed by atoms with Crippen LogP contribution in [0.2, 0.25) is 0 Å². The summed E-state index contributed by atoms with van der Waals surface area (Å²) in [4.78, 5) is 0. The third-order valence-corrected chi connectivity index (χ3v) is 1.29. The summed E-state index contributed by atoms with van der Waals surface area (Å²) >= 11 is 0. The fraction of sp³-hybridized carbons (Fsp3) is 0.250. The molecule has 1 heterocycles. The lowest BCUT2D eigenvalue weighted by Gasteiger charge is -2.08. The third kappa shape index (κ3) is 1.62. The minimum absolute atomic E-state index is 0.0850. The highest BCUT2D eigenvalue weighted by atomic mass is 19.4. The highest BCUT2D eigenvalue weighted by Crippen LogP contribution is 2.28. The first kappa shape index (κ1) is 8.72.